The standard InChI is InChI=1S/C22H19N7O2S/c1-13-2-4-14(5-3-13)20(30)26-22-25-19-17(10-11-18(19)32-22)21(31)24-15-6-8-16(9-7-15)29-12-23-27-28-29/h2-9,12,17H,10-11H2,1H3,(H,24,31)(H,25,26,30). The molecule has 1 aliphatic rings. The average Bonchev–Trinajstić information content (AvgIpc) is 3.52. The summed E-state index contributed by atoms with van der Waals surface area (Å²) in [4.78, 5) is 31.0. The van der Waals surface area contributed by atoms with Gasteiger partial charge in [-0.1, -0.05) is 17.7 Å². The van der Waals surface area contributed by atoms with E-state index in [0.29, 0.717) is 22.8 Å². The SMILES string of the molecule is Cc1ccc(C(=O)Nc2nc3c(s2)CCC3C(=O)Nc2ccc(-n3cnnn3)cc2)cc1. The molecule has 1 aliphatic carbocycles. The zero-order valence-corrected chi connectivity index (χ0v) is 18.0. The Morgan fingerprint density at radius 3 is 2.56 bits per heavy atom. The second kappa shape index (κ2) is 8.31. The van der Waals surface area contributed by atoms with Gasteiger partial charge in [-0.3, -0.25) is 14.9 Å². The Labute approximate surface area is 187 Å². The molecule has 32 heavy (non-hydrogen) atoms. The first-order valence-electron chi connectivity index (χ1n) is 10.1. The molecule has 2 aromatic heterocycles. The van der Waals surface area contributed by atoms with E-state index in [1.807, 2.05) is 31.2 Å². The molecule has 2 heterocycles. The van der Waals surface area contributed by atoms with Crippen LogP contribution in [0.4, 0.5) is 10.8 Å². The number of hydrogen-bond acceptors (Lipinski definition) is 7. The molecule has 5 rings (SSSR count). The van der Waals surface area contributed by atoms with Gasteiger partial charge in [-0.05, 0) is 66.6 Å². The van der Waals surface area contributed by atoms with Gasteiger partial charge >= 0.3 is 0 Å². The van der Waals surface area contributed by atoms with Crippen molar-refractivity contribution in [1.29, 1.82) is 0 Å². The molecular weight excluding hydrogens is 426 g/mol. The number of carbonyl (C=O) groups is 2. The molecule has 2 aromatic carbocycles. The molecule has 160 valence electrons. The third kappa shape index (κ3) is 4.00. The summed E-state index contributed by atoms with van der Waals surface area (Å²) in [7, 11) is 0. The fourth-order valence-electron chi connectivity index (χ4n) is 3.62. The van der Waals surface area contributed by atoms with Gasteiger partial charge in [0.05, 0.1) is 17.3 Å². The second-order valence-electron chi connectivity index (χ2n) is 7.53. The van der Waals surface area contributed by atoms with Crippen molar-refractivity contribution >= 4 is 34.0 Å². The van der Waals surface area contributed by atoms with Crippen LogP contribution in [0.5, 0.6) is 0 Å². The highest BCUT2D eigenvalue weighted by Crippen LogP contribution is 2.39. The Bertz CT molecular complexity index is 1260. The summed E-state index contributed by atoms with van der Waals surface area (Å²) in [6.45, 7) is 1.97. The number of nitrogens with zero attached hydrogens (tertiary/aromatic N) is 5. The Kier molecular flexibility index (Phi) is 5.20. The number of aromatic nitrogens is 5. The van der Waals surface area contributed by atoms with Gasteiger partial charge in [-0.15, -0.1) is 16.4 Å². The molecule has 0 radical (unpaired) electrons. The molecular formula is C22H19N7O2S. The average molecular weight is 446 g/mol. The third-order valence-corrected chi connectivity index (χ3v) is 6.36. The van der Waals surface area contributed by atoms with Crippen molar-refractivity contribution in [2.75, 3.05) is 10.6 Å². The number of tetrazole rings is 1. The predicted molar refractivity (Wildman–Crippen MR) is 120 cm³/mol. The Hall–Kier alpha value is -3.92. The van der Waals surface area contributed by atoms with Crippen LogP contribution in [-0.2, 0) is 11.2 Å². The number of rotatable bonds is 5. The van der Waals surface area contributed by atoms with Crippen LogP contribution >= 0.6 is 11.3 Å². The van der Waals surface area contributed by atoms with Crippen molar-refractivity contribution in [2.45, 2.75) is 25.7 Å². The van der Waals surface area contributed by atoms with Crippen molar-refractivity contribution in [3.8, 4) is 5.69 Å². The minimum Gasteiger partial charge on any atom is -0.326 e. The van der Waals surface area contributed by atoms with E-state index in [4.69, 9.17) is 0 Å². The maximum atomic E-state index is 12.9. The maximum absolute atomic E-state index is 12.9. The summed E-state index contributed by atoms with van der Waals surface area (Å²) in [5, 5.41) is 17.4. The van der Waals surface area contributed by atoms with E-state index in [2.05, 4.69) is 31.1 Å². The van der Waals surface area contributed by atoms with Gasteiger partial charge in [0, 0.05) is 16.1 Å². The highest BCUT2D eigenvalue weighted by atomic mass is 32.1. The van der Waals surface area contributed by atoms with E-state index in [9.17, 15) is 9.59 Å². The molecule has 1 atom stereocenters. The van der Waals surface area contributed by atoms with Gasteiger partial charge in [-0.25, -0.2) is 9.67 Å². The zero-order valence-electron chi connectivity index (χ0n) is 17.1. The number of thiazole rings is 1. The third-order valence-electron chi connectivity index (χ3n) is 5.32. The molecule has 0 saturated heterocycles. The molecule has 1 unspecified atom stereocenters. The van der Waals surface area contributed by atoms with Gasteiger partial charge in [0.25, 0.3) is 5.91 Å². The van der Waals surface area contributed by atoms with Crippen LogP contribution in [0, 0.1) is 6.92 Å². The topological polar surface area (TPSA) is 115 Å². The van der Waals surface area contributed by atoms with Crippen LogP contribution in [0.25, 0.3) is 5.69 Å². The Balaban J connectivity index is 1.26. The Morgan fingerprint density at radius 1 is 1.06 bits per heavy atom. The summed E-state index contributed by atoms with van der Waals surface area (Å²) in [5.74, 6) is -0.660. The lowest BCUT2D eigenvalue weighted by molar-refractivity contribution is -0.117. The van der Waals surface area contributed by atoms with Crippen molar-refractivity contribution in [3.05, 3.63) is 76.6 Å². The molecule has 0 saturated carbocycles. The molecule has 2 amide bonds. The summed E-state index contributed by atoms with van der Waals surface area (Å²) in [6, 6.07) is 14.6. The van der Waals surface area contributed by atoms with Gasteiger partial charge in [-0.2, -0.15) is 0 Å². The van der Waals surface area contributed by atoms with E-state index in [-0.39, 0.29) is 17.7 Å². The summed E-state index contributed by atoms with van der Waals surface area (Å²) in [6.07, 6.45) is 2.98. The van der Waals surface area contributed by atoms with Gasteiger partial charge in [0.15, 0.2) is 5.13 Å². The summed E-state index contributed by atoms with van der Waals surface area (Å²) in [5.41, 5.74) is 3.89. The van der Waals surface area contributed by atoms with Gasteiger partial charge in [0.2, 0.25) is 5.91 Å². The lowest BCUT2D eigenvalue weighted by atomic mass is 10.1. The quantitative estimate of drug-likeness (QED) is 0.487. The number of nitrogens with one attached hydrogen (secondary N) is 2. The molecule has 9 nitrogen and oxygen atoms in total. The normalized spacial score (nSPS) is 14.7. The molecule has 0 aliphatic heterocycles. The molecule has 4 aromatic rings. The molecule has 0 spiro atoms. The van der Waals surface area contributed by atoms with Gasteiger partial charge < -0.3 is 5.32 Å². The number of anilines is 2. The van der Waals surface area contributed by atoms with Crippen molar-refractivity contribution in [2.24, 2.45) is 0 Å². The van der Waals surface area contributed by atoms with E-state index in [1.165, 1.54) is 22.3 Å². The van der Waals surface area contributed by atoms with E-state index < -0.39 is 0 Å². The smallest absolute Gasteiger partial charge is 0.257 e. The first-order valence-corrected chi connectivity index (χ1v) is 10.9. The highest BCUT2D eigenvalue weighted by molar-refractivity contribution is 7.16. The largest absolute Gasteiger partial charge is 0.326 e. The van der Waals surface area contributed by atoms with Gasteiger partial charge in [0.1, 0.15) is 6.33 Å². The summed E-state index contributed by atoms with van der Waals surface area (Å²) >= 11 is 1.43. The minimum absolute atomic E-state index is 0.111. The van der Waals surface area contributed by atoms with Crippen LogP contribution in [0.3, 0.4) is 0 Å². The van der Waals surface area contributed by atoms with E-state index >= 15 is 0 Å². The first-order chi connectivity index (χ1) is 15.6. The van der Waals surface area contributed by atoms with Crippen LogP contribution < -0.4 is 10.6 Å². The second-order valence-corrected chi connectivity index (χ2v) is 8.61. The fraction of sp³-hybridized carbons (Fsp3) is 0.182. The lowest BCUT2D eigenvalue weighted by Crippen LogP contribution is -2.20. The van der Waals surface area contributed by atoms with Crippen LogP contribution in [0.2, 0.25) is 0 Å². The van der Waals surface area contributed by atoms with Crippen LogP contribution in [0.15, 0.2) is 54.9 Å². The zero-order chi connectivity index (χ0) is 22.1. The number of carbonyl (C=O) groups excluding carboxylic acids is 2. The fourth-order valence-corrected chi connectivity index (χ4v) is 4.65. The Morgan fingerprint density at radius 2 is 1.84 bits per heavy atom. The van der Waals surface area contributed by atoms with E-state index in [0.717, 1.165) is 28.2 Å². The minimum atomic E-state index is -0.342. The molecule has 0 fully saturated rings. The predicted octanol–water partition coefficient (Wildman–Crippen LogP) is 3.35. The number of amides is 2. The maximum Gasteiger partial charge on any atom is 0.257 e. The first kappa shape index (κ1) is 20.0. The van der Waals surface area contributed by atoms with Crippen molar-refractivity contribution < 1.29 is 9.59 Å². The monoisotopic (exact) mass is 445 g/mol. The molecule has 2 N–H and O–H groups in total. The van der Waals surface area contributed by atoms with Crippen LogP contribution in [-0.4, -0.2) is 37.0 Å². The van der Waals surface area contributed by atoms with Crippen molar-refractivity contribution in [3.63, 3.8) is 0 Å². The van der Waals surface area contributed by atoms with Crippen LogP contribution in [0.1, 0.15) is 38.8 Å². The van der Waals surface area contributed by atoms with Crippen molar-refractivity contribution in [1.82, 2.24) is 25.2 Å². The molecule has 0 bridgehead atoms. The number of benzene rings is 2. The number of aryl methyl sites for hydroxylation is 2. The number of fused-ring (bicyclic) bond motifs is 1. The van der Waals surface area contributed by atoms with E-state index in [1.54, 1.807) is 24.3 Å². The highest BCUT2D eigenvalue weighted by Gasteiger charge is 2.33. The number of hydrogen-bond donors (Lipinski definition) is 2. The lowest BCUT2D eigenvalue weighted by Gasteiger charge is -2.11. The summed E-state index contributed by atoms with van der Waals surface area (Å²) < 4.78 is 1.54. The molecule has 10 heteroatoms.